The van der Waals surface area contributed by atoms with Crippen LogP contribution >= 0.6 is 0 Å². The highest BCUT2D eigenvalue weighted by molar-refractivity contribution is 5.94. The Balaban J connectivity index is 1.66. The van der Waals surface area contributed by atoms with Crippen molar-refractivity contribution in [3.63, 3.8) is 0 Å². The molecule has 7 nitrogen and oxygen atoms in total. The lowest BCUT2D eigenvalue weighted by atomic mass is 10.1. The highest BCUT2D eigenvalue weighted by Crippen LogP contribution is 2.16. The van der Waals surface area contributed by atoms with Gasteiger partial charge in [0.05, 0.1) is 6.20 Å². The summed E-state index contributed by atoms with van der Waals surface area (Å²) < 4.78 is 6.90. The zero-order valence-electron chi connectivity index (χ0n) is 15.0. The maximum absolute atomic E-state index is 12.7. The third kappa shape index (κ3) is 4.58. The molecule has 2 heterocycles. The largest absolute Gasteiger partial charge is 0.360 e. The molecule has 1 amide bonds. The van der Waals surface area contributed by atoms with Crippen LogP contribution in [0.3, 0.4) is 0 Å². The normalized spacial score (nSPS) is 12.1. The van der Waals surface area contributed by atoms with Crippen LogP contribution in [-0.2, 0) is 17.8 Å². The fourth-order valence-electron chi connectivity index (χ4n) is 2.70. The number of carbonyl (C=O) groups is 1. The molecule has 0 spiro atoms. The van der Waals surface area contributed by atoms with E-state index in [4.69, 9.17) is 4.52 Å². The minimum Gasteiger partial charge on any atom is -0.360 e. The number of nitrogens with one attached hydrogen (secondary N) is 2. The summed E-state index contributed by atoms with van der Waals surface area (Å²) in [6.07, 6.45) is 4.68. The Bertz CT molecular complexity index is 841. The molecule has 2 aromatic heterocycles. The molecule has 0 aliphatic rings. The first-order valence-electron chi connectivity index (χ1n) is 8.69. The first-order valence-corrected chi connectivity index (χ1v) is 8.69. The molecule has 0 radical (unpaired) electrons. The zero-order valence-corrected chi connectivity index (χ0v) is 15.0. The fraction of sp³-hybridized carbons (Fsp3) is 0.316. The van der Waals surface area contributed by atoms with Crippen LogP contribution in [0.5, 0.6) is 0 Å². The summed E-state index contributed by atoms with van der Waals surface area (Å²) in [6.45, 7) is 5.34. The lowest BCUT2D eigenvalue weighted by molar-refractivity contribution is -0.118. The van der Waals surface area contributed by atoms with Gasteiger partial charge < -0.3 is 15.2 Å². The number of carbonyl (C=O) groups excluding carboxylic acids is 1. The van der Waals surface area contributed by atoms with E-state index in [1.165, 1.54) is 0 Å². The lowest BCUT2D eigenvalue weighted by Crippen LogP contribution is -2.34. The molecule has 0 bridgehead atoms. The van der Waals surface area contributed by atoms with Crippen molar-refractivity contribution < 1.29 is 9.32 Å². The number of aryl methyl sites for hydroxylation is 2. The third-order valence-corrected chi connectivity index (χ3v) is 4.05. The van der Waals surface area contributed by atoms with Crippen LogP contribution in [0.2, 0.25) is 0 Å². The summed E-state index contributed by atoms with van der Waals surface area (Å²) in [5.41, 5.74) is 2.04. The molecule has 26 heavy (non-hydrogen) atoms. The number of nitrogens with zero attached hydrogens (tertiary/aromatic N) is 3. The van der Waals surface area contributed by atoms with Crippen LogP contribution in [-0.4, -0.2) is 27.4 Å². The minimum absolute atomic E-state index is 0.172. The fourth-order valence-corrected chi connectivity index (χ4v) is 2.70. The third-order valence-electron chi connectivity index (χ3n) is 4.05. The standard InChI is InChI=1S/C19H23N5O2/c1-3-24-13-15(12-21-24)9-10-20-18(16-7-5-4-6-8-16)19(25)22-17-11-14(2)26-23-17/h4-8,11-13,18,20H,3,9-10H2,1-2H3,(H,22,23,25). The molecule has 0 fully saturated rings. The van der Waals surface area contributed by atoms with Crippen LogP contribution < -0.4 is 10.6 Å². The smallest absolute Gasteiger partial charge is 0.247 e. The number of rotatable bonds is 8. The molecule has 136 valence electrons. The van der Waals surface area contributed by atoms with E-state index in [2.05, 4.69) is 27.8 Å². The SMILES string of the molecule is CCn1cc(CCNC(C(=O)Nc2cc(C)on2)c2ccccc2)cn1. The first kappa shape index (κ1) is 17.9. The van der Waals surface area contributed by atoms with Gasteiger partial charge in [0, 0.05) is 25.4 Å². The number of benzene rings is 1. The van der Waals surface area contributed by atoms with Gasteiger partial charge in [0.25, 0.3) is 0 Å². The maximum Gasteiger partial charge on any atom is 0.247 e. The Morgan fingerprint density at radius 3 is 2.77 bits per heavy atom. The van der Waals surface area contributed by atoms with Gasteiger partial charge in [-0.2, -0.15) is 5.10 Å². The summed E-state index contributed by atoms with van der Waals surface area (Å²) in [5.74, 6) is 0.894. The van der Waals surface area contributed by atoms with Crippen LogP contribution in [0.25, 0.3) is 0 Å². The van der Waals surface area contributed by atoms with E-state index in [9.17, 15) is 4.79 Å². The molecule has 2 N–H and O–H groups in total. The molecule has 7 heteroatoms. The minimum atomic E-state index is -0.477. The summed E-state index contributed by atoms with van der Waals surface area (Å²) in [5, 5.41) is 14.2. The van der Waals surface area contributed by atoms with Crippen LogP contribution in [0.1, 0.15) is 29.9 Å². The molecule has 3 rings (SSSR count). The molecular formula is C19H23N5O2. The van der Waals surface area contributed by atoms with Gasteiger partial charge in [-0.3, -0.25) is 9.48 Å². The van der Waals surface area contributed by atoms with Crippen LogP contribution in [0.15, 0.2) is 53.3 Å². The zero-order chi connectivity index (χ0) is 18.4. The van der Waals surface area contributed by atoms with Crippen molar-refractivity contribution >= 4 is 11.7 Å². The van der Waals surface area contributed by atoms with Crippen molar-refractivity contribution in [3.8, 4) is 0 Å². The average Bonchev–Trinajstić information content (AvgIpc) is 3.28. The van der Waals surface area contributed by atoms with Gasteiger partial charge in [0.15, 0.2) is 5.82 Å². The number of aromatic nitrogens is 3. The highest BCUT2D eigenvalue weighted by Gasteiger charge is 2.21. The number of amides is 1. The maximum atomic E-state index is 12.7. The predicted octanol–water partition coefficient (Wildman–Crippen LogP) is 2.71. The Kier molecular flexibility index (Phi) is 5.80. The van der Waals surface area contributed by atoms with Gasteiger partial charge >= 0.3 is 0 Å². The molecule has 1 atom stereocenters. The molecule has 0 saturated heterocycles. The molecule has 1 unspecified atom stereocenters. The van der Waals surface area contributed by atoms with Crippen molar-refractivity contribution in [1.29, 1.82) is 0 Å². The van der Waals surface area contributed by atoms with E-state index in [0.29, 0.717) is 18.1 Å². The first-order chi connectivity index (χ1) is 12.7. The van der Waals surface area contributed by atoms with E-state index in [0.717, 1.165) is 24.1 Å². The molecule has 0 aliphatic heterocycles. The van der Waals surface area contributed by atoms with Crippen molar-refractivity contribution in [1.82, 2.24) is 20.3 Å². The van der Waals surface area contributed by atoms with Crippen molar-refractivity contribution in [2.75, 3.05) is 11.9 Å². The second-order valence-electron chi connectivity index (χ2n) is 6.06. The van der Waals surface area contributed by atoms with Gasteiger partial charge in [-0.15, -0.1) is 0 Å². The van der Waals surface area contributed by atoms with Gasteiger partial charge in [-0.05, 0) is 31.4 Å². The van der Waals surface area contributed by atoms with E-state index in [1.807, 2.05) is 47.4 Å². The second-order valence-corrected chi connectivity index (χ2v) is 6.06. The molecular weight excluding hydrogens is 330 g/mol. The topological polar surface area (TPSA) is 85.0 Å². The molecule has 1 aromatic carbocycles. The summed E-state index contributed by atoms with van der Waals surface area (Å²) in [4.78, 5) is 12.7. The van der Waals surface area contributed by atoms with Crippen molar-refractivity contribution in [2.45, 2.75) is 32.9 Å². The van der Waals surface area contributed by atoms with E-state index < -0.39 is 6.04 Å². The quantitative estimate of drug-likeness (QED) is 0.650. The van der Waals surface area contributed by atoms with E-state index in [-0.39, 0.29) is 5.91 Å². The summed E-state index contributed by atoms with van der Waals surface area (Å²) >= 11 is 0. The van der Waals surface area contributed by atoms with E-state index >= 15 is 0 Å². The highest BCUT2D eigenvalue weighted by atomic mass is 16.5. The number of hydrogen-bond acceptors (Lipinski definition) is 5. The second kappa shape index (κ2) is 8.44. The Hall–Kier alpha value is -2.93. The Morgan fingerprint density at radius 1 is 1.31 bits per heavy atom. The summed E-state index contributed by atoms with van der Waals surface area (Å²) in [6, 6.07) is 10.8. The predicted molar refractivity (Wildman–Crippen MR) is 98.7 cm³/mol. The molecule has 0 aliphatic carbocycles. The average molecular weight is 353 g/mol. The van der Waals surface area contributed by atoms with Crippen LogP contribution in [0, 0.1) is 6.92 Å². The number of anilines is 1. The Morgan fingerprint density at radius 2 is 2.12 bits per heavy atom. The van der Waals surface area contributed by atoms with Crippen LogP contribution in [0.4, 0.5) is 5.82 Å². The molecule has 3 aromatic rings. The van der Waals surface area contributed by atoms with E-state index in [1.54, 1.807) is 13.0 Å². The monoisotopic (exact) mass is 353 g/mol. The molecule has 0 saturated carbocycles. The van der Waals surface area contributed by atoms with Gasteiger partial charge in [-0.25, -0.2) is 0 Å². The summed E-state index contributed by atoms with van der Waals surface area (Å²) in [7, 11) is 0. The Labute approximate surface area is 152 Å². The van der Waals surface area contributed by atoms with Gasteiger partial charge in [0.1, 0.15) is 11.8 Å². The van der Waals surface area contributed by atoms with Gasteiger partial charge in [0.2, 0.25) is 5.91 Å². The lowest BCUT2D eigenvalue weighted by Gasteiger charge is -2.18. The van der Waals surface area contributed by atoms with Crippen molar-refractivity contribution in [2.24, 2.45) is 0 Å². The van der Waals surface area contributed by atoms with Crippen molar-refractivity contribution in [3.05, 3.63) is 65.7 Å². The number of hydrogen-bond donors (Lipinski definition) is 2. The van der Waals surface area contributed by atoms with Gasteiger partial charge in [-0.1, -0.05) is 35.5 Å².